The Balaban J connectivity index is 1.73. The van der Waals surface area contributed by atoms with E-state index in [0.29, 0.717) is 0 Å². The lowest BCUT2D eigenvalue weighted by molar-refractivity contribution is -0.121. The Hall–Kier alpha value is -2.95. The molecular formula is C21H22FN3O. The van der Waals surface area contributed by atoms with E-state index in [1.54, 1.807) is 12.1 Å². The van der Waals surface area contributed by atoms with Gasteiger partial charge in [0, 0.05) is 11.3 Å². The molecule has 1 N–H and O–H groups in total. The topological polar surface area (TPSA) is 46.9 Å². The zero-order valence-electron chi connectivity index (χ0n) is 15.2. The summed E-state index contributed by atoms with van der Waals surface area (Å²) >= 11 is 0. The number of aromatic nitrogens is 2. The zero-order chi connectivity index (χ0) is 18.7. The minimum Gasteiger partial charge on any atom is -0.349 e. The summed E-state index contributed by atoms with van der Waals surface area (Å²) in [7, 11) is 0. The zero-order valence-corrected chi connectivity index (χ0v) is 15.2. The van der Waals surface area contributed by atoms with Crippen LogP contribution in [0.25, 0.3) is 5.69 Å². The Morgan fingerprint density at radius 2 is 1.77 bits per heavy atom. The Kier molecular flexibility index (Phi) is 5.16. The van der Waals surface area contributed by atoms with Crippen LogP contribution in [0.4, 0.5) is 4.39 Å². The number of benzene rings is 2. The smallest absolute Gasteiger partial charge is 0.225 e. The van der Waals surface area contributed by atoms with Crippen LogP contribution in [-0.2, 0) is 11.2 Å². The first-order chi connectivity index (χ1) is 12.5. The summed E-state index contributed by atoms with van der Waals surface area (Å²) in [6.45, 7) is 5.77. The summed E-state index contributed by atoms with van der Waals surface area (Å²) in [5.74, 6) is -0.368. The number of nitrogens with zero attached hydrogens (tertiary/aromatic N) is 2. The van der Waals surface area contributed by atoms with Crippen molar-refractivity contribution in [2.75, 3.05) is 0 Å². The Labute approximate surface area is 152 Å². The fourth-order valence-corrected chi connectivity index (χ4v) is 3.04. The molecule has 26 heavy (non-hydrogen) atoms. The van der Waals surface area contributed by atoms with E-state index in [1.807, 2.05) is 55.8 Å². The lowest BCUT2D eigenvalue weighted by atomic mass is 10.1. The molecule has 0 unspecified atom stereocenters. The number of amides is 1. The molecule has 3 aromatic rings. The highest BCUT2D eigenvalue weighted by Gasteiger charge is 2.17. The molecule has 0 aliphatic heterocycles. The maximum Gasteiger partial charge on any atom is 0.225 e. The number of carbonyl (C=O) groups is 1. The molecule has 0 fully saturated rings. The van der Waals surface area contributed by atoms with E-state index >= 15 is 0 Å². The van der Waals surface area contributed by atoms with Crippen LogP contribution in [0.2, 0.25) is 0 Å². The van der Waals surface area contributed by atoms with Gasteiger partial charge in [0.1, 0.15) is 5.82 Å². The van der Waals surface area contributed by atoms with Crippen molar-refractivity contribution in [2.24, 2.45) is 0 Å². The molecule has 2 aromatic carbocycles. The molecule has 4 nitrogen and oxygen atoms in total. The van der Waals surface area contributed by atoms with Crippen molar-refractivity contribution >= 4 is 5.91 Å². The minimum atomic E-state index is -0.285. The van der Waals surface area contributed by atoms with Gasteiger partial charge in [0.2, 0.25) is 5.91 Å². The van der Waals surface area contributed by atoms with Gasteiger partial charge in [-0.25, -0.2) is 9.07 Å². The van der Waals surface area contributed by atoms with E-state index in [1.165, 1.54) is 12.1 Å². The minimum absolute atomic E-state index is 0.0827. The van der Waals surface area contributed by atoms with Crippen LogP contribution in [-0.4, -0.2) is 15.7 Å². The Bertz CT molecular complexity index is 901. The lowest BCUT2D eigenvalue weighted by Crippen LogP contribution is -2.28. The largest absolute Gasteiger partial charge is 0.349 e. The molecule has 0 saturated carbocycles. The van der Waals surface area contributed by atoms with Gasteiger partial charge >= 0.3 is 0 Å². The maximum atomic E-state index is 13.0. The van der Waals surface area contributed by atoms with Crippen molar-refractivity contribution in [1.82, 2.24) is 15.1 Å². The third-order valence-corrected chi connectivity index (χ3v) is 4.53. The van der Waals surface area contributed by atoms with Crippen LogP contribution in [0.3, 0.4) is 0 Å². The number of carbonyl (C=O) groups excluding carboxylic acids is 1. The van der Waals surface area contributed by atoms with Gasteiger partial charge in [0.05, 0.1) is 23.8 Å². The molecule has 0 spiro atoms. The van der Waals surface area contributed by atoms with Crippen molar-refractivity contribution in [1.29, 1.82) is 0 Å². The summed E-state index contributed by atoms with van der Waals surface area (Å²) in [4.78, 5) is 12.5. The number of rotatable bonds is 5. The van der Waals surface area contributed by atoms with Gasteiger partial charge in [-0.15, -0.1) is 0 Å². The first-order valence-corrected chi connectivity index (χ1v) is 8.61. The molecule has 1 aromatic heterocycles. The number of hydrogen-bond acceptors (Lipinski definition) is 2. The van der Waals surface area contributed by atoms with Crippen molar-refractivity contribution < 1.29 is 9.18 Å². The quantitative estimate of drug-likeness (QED) is 0.754. The highest BCUT2D eigenvalue weighted by Crippen LogP contribution is 2.19. The van der Waals surface area contributed by atoms with E-state index in [0.717, 1.165) is 28.2 Å². The highest BCUT2D eigenvalue weighted by molar-refractivity contribution is 5.79. The second kappa shape index (κ2) is 7.52. The summed E-state index contributed by atoms with van der Waals surface area (Å²) in [5, 5.41) is 7.54. The average Bonchev–Trinajstić information content (AvgIpc) is 2.91. The number of nitrogens with one attached hydrogen (secondary N) is 1. The summed E-state index contributed by atoms with van der Waals surface area (Å²) < 4.78 is 14.9. The summed E-state index contributed by atoms with van der Waals surface area (Å²) in [6, 6.07) is 15.8. The third-order valence-electron chi connectivity index (χ3n) is 4.53. The maximum absolute atomic E-state index is 13.0. The first kappa shape index (κ1) is 17.9. The normalized spacial score (nSPS) is 12.0. The number of halogens is 1. The van der Waals surface area contributed by atoms with Crippen LogP contribution in [0, 0.1) is 19.7 Å². The standard InChI is InChI=1S/C21H22FN3O/c1-14(17-9-11-18(22)12-10-17)23-21(26)13-20-15(2)24-25(16(20)3)19-7-5-4-6-8-19/h4-12,14H,13H2,1-3H3,(H,23,26)/t14-/m1/s1. The molecule has 1 heterocycles. The van der Waals surface area contributed by atoms with Gasteiger partial charge in [-0.05, 0) is 50.6 Å². The van der Waals surface area contributed by atoms with Gasteiger partial charge in [-0.2, -0.15) is 5.10 Å². The van der Waals surface area contributed by atoms with E-state index in [-0.39, 0.29) is 24.2 Å². The van der Waals surface area contributed by atoms with Crippen LogP contribution >= 0.6 is 0 Å². The molecule has 0 bridgehead atoms. The molecule has 134 valence electrons. The molecule has 1 amide bonds. The van der Waals surface area contributed by atoms with Crippen LogP contribution in [0.5, 0.6) is 0 Å². The fourth-order valence-electron chi connectivity index (χ4n) is 3.04. The van der Waals surface area contributed by atoms with Gasteiger partial charge in [0.15, 0.2) is 0 Å². The lowest BCUT2D eigenvalue weighted by Gasteiger charge is -2.14. The van der Waals surface area contributed by atoms with Gasteiger partial charge in [-0.3, -0.25) is 4.79 Å². The van der Waals surface area contributed by atoms with E-state index < -0.39 is 0 Å². The average molecular weight is 351 g/mol. The first-order valence-electron chi connectivity index (χ1n) is 8.61. The van der Waals surface area contributed by atoms with E-state index in [4.69, 9.17) is 0 Å². The summed E-state index contributed by atoms with van der Waals surface area (Å²) in [5.41, 5.74) is 4.57. The van der Waals surface area contributed by atoms with Crippen molar-refractivity contribution in [3.63, 3.8) is 0 Å². The molecular weight excluding hydrogens is 329 g/mol. The molecule has 0 radical (unpaired) electrons. The predicted molar refractivity (Wildman–Crippen MR) is 99.7 cm³/mol. The number of para-hydroxylation sites is 1. The van der Waals surface area contributed by atoms with Gasteiger partial charge < -0.3 is 5.32 Å². The highest BCUT2D eigenvalue weighted by atomic mass is 19.1. The monoisotopic (exact) mass is 351 g/mol. The van der Waals surface area contributed by atoms with Crippen LogP contribution in [0.1, 0.15) is 35.5 Å². The fraction of sp³-hybridized carbons (Fsp3) is 0.238. The van der Waals surface area contributed by atoms with Gasteiger partial charge in [0.25, 0.3) is 0 Å². The molecule has 3 rings (SSSR count). The molecule has 0 aliphatic rings. The van der Waals surface area contributed by atoms with Crippen LogP contribution in [0.15, 0.2) is 54.6 Å². The van der Waals surface area contributed by atoms with Crippen LogP contribution < -0.4 is 5.32 Å². The van der Waals surface area contributed by atoms with E-state index in [2.05, 4.69) is 10.4 Å². The SMILES string of the molecule is Cc1nn(-c2ccccc2)c(C)c1CC(=O)N[C@H](C)c1ccc(F)cc1. The third kappa shape index (κ3) is 3.82. The molecule has 1 atom stereocenters. The predicted octanol–water partition coefficient (Wildman–Crippen LogP) is 4.05. The van der Waals surface area contributed by atoms with Crippen molar-refractivity contribution in [3.05, 3.63) is 82.9 Å². The second-order valence-electron chi connectivity index (χ2n) is 6.41. The Morgan fingerprint density at radius 3 is 2.42 bits per heavy atom. The number of hydrogen-bond donors (Lipinski definition) is 1. The van der Waals surface area contributed by atoms with Crippen molar-refractivity contribution in [3.8, 4) is 5.69 Å². The Morgan fingerprint density at radius 1 is 1.12 bits per heavy atom. The van der Waals surface area contributed by atoms with Gasteiger partial charge in [-0.1, -0.05) is 30.3 Å². The molecule has 0 saturated heterocycles. The summed E-state index contributed by atoms with van der Waals surface area (Å²) in [6.07, 6.45) is 0.260. The van der Waals surface area contributed by atoms with Crippen molar-refractivity contribution in [2.45, 2.75) is 33.2 Å². The second-order valence-corrected chi connectivity index (χ2v) is 6.41. The van der Waals surface area contributed by atoms with E-state index in [9.17, 15) is 9.18 Å². The molecule has 5 heteroatoms. The number of aryl methyl sites for hydroxylation is 1. The molecule has 0 aliphatic carbocycles.